The molecule has 3 N–H and O–H groups in total. The molecule has 0 aliphatic heterocycles. The van der Waals surface area contributed by atoms with E-state index in [2.05, 4.69) is 26.3 Å². The minimum Gasteiger partial charge on any atom is -0.480 e. The van der Waals surface area contributed by atoms with Crippen LogP contribution in [0, 0.1) is 11.3 Å². The molecule has 3 rings (SSSR count). The maximum Gasteiger partial charge on any atom is 0.239 e. The molecule has 27 heavy (non-hydrogen) atoms. The van der Waals surface area contributed by atoms with Crippen LogP contribution in [0.3, 0.4) is 0 Å². The van der Waals surface area contributed by atoms with E-state index in [0.29, 0.717) is 17.7 Å². The Morgan fingerprint density at radius 3 is 2.85 bits per heavy atom. The van der Waals surface area contributed by atoms with Crippen molar-refractivity contribution in [2.45, 2.75) is 19.4 Å². The van der Waals surface area contributed by atoms with Crippen LogP contribution < -0.4 is 15.8 Å². The van der Waals surface area contributed by atoms with Gasteiger partial charge in [-0.25, -0.2) is 4.98 Å². The molecule has 0 fully saturated rings. The first kappa shape index (κ1) is 18.1. The van der Waals surface area contributed by atoms with E-state index in [0.717, 1.165) is 10.9 Å². The number of nitrogens with two attached hydrogens (primary N) is 1. The molecule has 0 unspecified atom stereocenters. The number of hydrogen-bond donors (Lipinski definition) is 2. The SMILES string of the molecule is CC[C@@H](Nc1nc(OC)c(C#N)c(-c2ccc3ncccc3c2)n1)C(N)=O. The molecular formula is C19H18N6O2. The zero-order chi connectivity index (χ0) is 19.4. The zero-order valence-electron chi connectivity index (χ0n) is 14.9. The molecule has 2 aromatic heterocycles. The van der Waals surface area contributed by atoms with Crippen molar-refractivity contribution in [2.24, 2.45) is 5.73 Å². The number of methoxy groups -OCH3 is 1. The first-order chi connectivity index (χ1) is 13.1. The second-order valence-corrected chi connectivity index (χ2v) is 5.81. The van der Waals surface area contributed by atoms with E-state index in [9.17, 15) is 10.1 Å². The summed E-state index contributed by atoms with van der Waals surface area (Å²) < 4.78 is 5.26. The highest BCUT2D eigenvalue weighted by atomic mass is 16.5. The van der Waals surface area contributed by atoms with E-state index in [-0.39, 0.29) is 17.4 Å². The standard InChI is InChI=1S/C19H18N6O2/c1-3-14(17(21)26)23-19-24-16(13(10-20)18(25-19)27-2)12-6-7-15-11(9-12)5-4-8-22-15/h4-9,14H,3H2,1-2H3,(H2,21,26)(H,23,24,25)/t14-/m1/s1. The van der Waals surface area contributed by atoms with Crippen molar-refractivity contribution in [1.82, 2.24) is 15.0 Å². The number of amides is 1. The van der Waals surface area contributed by atoms with Crippen LogP contribution in [0.5, 0.6) is 5.88 Å². The van der Waals surface area contributed by atoms with Gasteiger partial charge in [-0.1, -0.05) is 19.1 Å². The molecule has 0 saturated carbocycles. The smallest absolute Gasteiger partial charge is 0.239 e. The van der Waals surface area contributed by atoms with Crippen LogP contribution in [0.15, 0.2) is 36.5 Å². The Bertz CT molecular complexity index is 1040. The largest absolute Gasteiger partial charge is 0.480 e. The molecule has 0 aliphatic carbocycles. The fourth-order valence-corrected chi connectivity index (χ4v) is 2.72. The van der Waals surface area contributed by atoms with Gasteiger partial charge in [0, 0.05) is 17.1 Å². The number of aromatic nitrogens is 3. The summed E-state index contributed by atoms with van der Waals surface area (Å²) >= 11 is 0. The van der Waals surface area contributed by atoms with Gasteiger partial charge in [0.1, 0.15) is 17.7 Å². The van der Waals surface area contributed by atoms with Crippen LogP contribution in [0.25, 0.3) is 22.2 Å². The number of hydrogen-bond acceptors (Lipinski definition) is 7. The van der Waals surface area contributed by atoms with E-state index in [4.69, 9.17) is 10.5 Å². The van der Waals surface area contributed by atoms with Crippen LogP contribution >= 0.6 is 0 Å². The summed E-state index contributed by atoms with van der Waals surface area (Å²) in [5.74, 6) is -0.226. The lowest BCUT2D eigenvalue weighted by Gasteiger charge is -2.16. The molecule has 1 amide bonds. The van der Waals surface area contributed by atoms with Gasteiger partial charge >= 0.3 is 0 Å². The van der Waals surface area contributed by atoms with Crippen molar-refractivity contribution in [3.05, 3.63) is 42.1 Å². The summed E-state index contributed by atoms with van der Waals surface area (Å²) in [6.07, 6.45) is 2.19. The summed E-state index contributed by atoms with van der Waals surface area (Å²) in [5, 5.41) is 13.4. The van der Waals surface area contributed by atoms with Crippen molar-refractivity contribution in [3.8, 4) is 23.2 Å². The minimum atomic E-state index is -0.628. The van der Waals surface area contributed by atoms with Gasteiger partial charge in [0.15, 0.2) is 0 Å². The number of nitriles is 1. The van der Waals surface area contributed by atoms with Gasteiger partial charge in [0.25, 0.3) is 0 Å². The second kappa shape index (κ2) is 7.66. The molecule has 3 aromatic rings. The lowest BCUT2D eigenvalue weighted by Crippen LogP contribution is -2.35. The third kappa shape index (κ3) is 3.62. The Morgan fingerprint density at radius 1 is 1.37 bits per heavy atom. The number of primary amides is 1. The fraction of sp³-hybridized carbons (Fsp3) is 0.211. The van der Waals surface area contributed by atoms with Crippen LogP contribution in [0.4, 0.5) is 5.95 Å². The summed E-state index contributed by atoms with van der Waals surface area (Å²) in [6.45, 7) is 1.82. The molecule has 0 aliphatic rings. The van der Waals surface area contributed by atoms with Crippen LogP contribution in [0.1, 0.15) is 18.9 Å². The van der Waals surface area contributed by atoms with E-state index in [1.165, 1.54) is 7.11 Å². The molecule has 2 heterocycles. The fourth-order valence-electron chi connectivity index (χ4n) is 2.72. The molecule has 0 saturated heterocycles. The monoisotopic (exact) mass is 362 g/mol. The summed E-state index contributed by atoms with van der Waals surface area (Å²) in [4.78, 5) is 24.5. The molecule has 8 nitrogen and oxygen atoms in total. The Balaban J connectivity index is 2.15. The second-order valence-electron chi connectivity index (χ2n) is 5.81. The highest BCUT2D eigenvalue weighted by Crippen LogP contribution is 2.30. The number of carbonyl (C=O) groups is 1. The number of nitrogens with zero attached hydrogens (tertiary/aromatic N) is 4. The molecule has 0 bridgehead atoms. The molecule has 0 radical (unpaired) electrons. The van der Waals surface area contributed by atoms with Gasteiger partial charge in [-0.3, -0.25) is 9.78 Å². The molecular weight excluding hydrogens is 344 g/mol. The molecule has 8 heteroatoms. The minimum absolute atomic E-state index is 0.121. The van der Waals surface area contributed by atoms with Crippen molar-refractivity contribution >= 4 is 22.8 Å². The third-order valence-electron chi connectivity index (χ3n) is 4.11. The van der Waals surface area contributed by atoms with Crippen LogP contribution in [0.2, 0.25) is 0 Å². The van der Waals surface area contributed by atoms with E-state index < -0.39 is 11.9 Å². The van der Waals surface area contributed by atoms with E-state index >= 15 is 0 Å². The molecule has 0 spiro atoms. The number of pyridine rings is 1. The average molecular weight is 362 g/mol. The van der Waals surface area contributed by atoms with Gasteiger partial charge < -0.3 is 15.8 Å². The van der Waals surface area contributed by atoms with Crippen molar-refractivity contribution in [3.63, 3.8) is 0 Å². The summed E-state index contributed by atoms with van der Waals surface area (Å²) in [7, 11) is 1.42. The van der Waals surface area contributed by atoms with Gasteiger partial charge in [-0.05, 0) is 24.6 Å². The number of fused-ring (bicyclic) bond motifs is 1. The van der Waals surface area contributed by atoms with E-state index in [1.807, 2.05) is 37.3 Å². The Hall–Kier alpha value is -3.73. The van der Waals surface area contributed by atoms with Gasteiger partial charge in [0.2, 0.25) is 17.7 Å². The van der Waals surface area contributed by atoms with Crippen molar-refractivity contribution < 1.29 is 9.53 Å². The summed E-state index contributed by atoms with van der Waals surface area (Å²) in [5.41, 5.74) is 7.54. The molecule has 136 valence electrons. The van der Waals surface area contributed by atoms with Crippen LogP contribution in [-0.2, 0) is 4.79 Å². The number of benzene rings is 1. The maximum atomic E-state index is 11.5. The predicted molar refractivity (Wildman–Crippen MR) is 101 cm³/mol. The number of ether oxygens (including phenoxy) is 1. The van der Waals surface area contributed by atoms with Crippen molar-refractivity contribution in [2.75, 3.05) is 12.4 Å². The Labute approximate surface area is 156 Å². The number of carbonyl (C=O) groups excluding carboxylic acids is 1. The highest BCUT2D eigenvalue weighted by molar-refractivity contribution is 5.85. The van der Waals surface area contributed by atoms with Crippen LogP contribution in [-0.4, -0.2) is 34.0 Å². The lowest BCUT2D eigenvalue weighted by molar-refractivity contribution is -0.118. The Kier molecular flexibility index (Phi) is 5.13. The quantitative estimate of drug-likeness (QED) is 0.688. The number of nitrogens with one attached hydrogen (secondary N) is 1. The first-order valence-electron chi connectivity index (χ1n) is 8.34. The predicted octanol–water partition coefficient (Wildman–Crippen LogP) is 2.25. The Morgan fingerprint density at radius 2 is 2.19 bits per heavy atom. The highest BCUT2D eigenvalue weighted by Gasteiger charge is 2.20. The zero-order valence-corrected chi connectivity index (χ0v) is 14.9. The first-order valence-corrected chi connectivity index (χ1v) is 8.34. The summed E-state index contributed by atoms with van der Waals surface area (Å²) in [6, 6.07) is 10.8. The normalized spacial score (nSPS) is 11.6. The number of rotatable bonds is 6. The topological polar surface area (TPSA) is 127 Å². The van der Waals surface area contributed by atoms with Crippen molar-refractivity contribution in [1.29, 1.82) is 5.26 Å². The third-order valence-corrected chi connectivity index (χ3v) is 4.11. The van der Waals surface area contributed by atoms with E-state index in [1.54, 1.807) is 6.20 Å². The average Bonchev–Trinajstić information content (AvgIpc) is 2.70. The maximum absolute atomic E-state index is 11.5. The molecule has 1 aromatic carbocycles. The van der Waals surface area contributed by atoms with Gasteiger partial charge in [-0.2, -0.15) is 10.2 Å². The lowest BCUT2D eigenvalue weighted by atomic mass is 10.0. The number of anilines is 1. The molecule has 1 atom stereocenters. The van der Waals surface area contributed by atoms with Gasteiger partial charge in [0.05, 0.1) is 18.3 Å². The van der Waals surface area contributed by atoms with Gasteiger partial charge in [-0.15, -0.1) is 0 Å².